The van der Waals surface area contributed by atoms with Crippen LogP contribution in [-0.4, -0.2) is 17.8 Å². The first-order chi connectivity index (χ1) is 8.59. The zero-order valence-corrected chi connectivity index (χ0v) is 10.5. The van der Waals surface area contributed by atoms with Gasteiger partial charge in [-0.25, -0.2) is 8.78 Å². The van der Waals surface area contributed by atoms with Gasteiger partial charge in [0.1, 0.15) is 17.7 Å². The first kappa shape index (κ1) is 13.4. The average molecular weight is 256 g/mol. The van der Waals surface area contributed by atoms with Crippen LogP contribution in [0.15, 0.2) is 18.2 Å². The molecule has 0 spiro atoms. The molecule has 1 aromatic carbocycles. The molecule has 1 aromatic rings. The van der Waals surface area contributed by atoms with Crippen LogP contribution in [0.5, 0.6) is 0 Å². The molecule has 1 fully saturated rings. The molecular weight excluding hydrogens is 238 g/mol. The van der Waals surface area contributed by atoms with Crippen molar-refractivity contribution < 1.29 is 18.6 Å². The van der Waals surface area contributed by atoms with E-state index in [1.165, 1.54) is 7.11 Å². The number of halogens is 2. The highest BCUT2D eigenvalue weighted by atomic mass is 19.1. The Bertz CT molecular complexity index is 414. The van der Waals surface area contributed by atoms with Crippen molar-refractivity contribution in [3.05, 3.63) is 35.4 Å². The van der Waals surface area contributed by atoms with Crippen LogP contribution in [0, 0.1) is 11.6 Å². The number of benzene rings is 1. The van der Waals surface area contributed by atoms with Gasteiger partial charge in [-0.15, -0.1) is 0 Å². The molecular formula is C14H18F2O2. The van der Waals surface area contributed by atoms with Gasteiger partial charge in [-0.2, -0.15) is 0 Å². The van der Waals surface area contributed by atoms with Gasteiger partial charge in [0.15, 0.2) is 0 Å². The number of methoxy groups -OCH3 is 1. The maximum atomic E-state index is 13.7. The van der Waals surface area contributed by atoms with Crippen LogP contribution in [0.1, 0.15) is 43.8 Å². The number of rotatable bonds is 3. The van der Waals surface area contributed by atoms with Crippen molar-refractivity contribution >= 4 is 0 Å². The second-order valence-corrected chi connectivity index (χ2v) is 4.90. The van der Waals surface area contributed by atoms with Crippen LogP contribution in [-0.2, 0) is 4.74 Å². The Hall–Kier alpha value is -1.00. The first-order valence-corrected chi connectivity index (χ1v) is 6.27. The molecule has 0 amide bonds. The second-order valence-electron chi connectivity index (χ2n) is 4.90. The fourth-order valence-electron chi connectivity index (χ4n) is 2.75. The summed E-state index contributed by atoms with van der Waals surface area (Å²) in [6.07, 6.45) is 3.16. The minimum Gasteiger partial charge on any atom is -0.385 e. The van der Waals surface area contributed by atoms with Crippen molar-refractivity contribution in [1.29, 1.82) is 0 Å². The Morgan fingerprint density at radius 3 is 2.50 bits per heavy atom. The molecule has 0 heterocycles. The number of aliphatic hydroxyl groups is 1. The first-order valence-electron chi connectivity index (χ1n) is 6.27. The van der Waals surface area contributed by atoms with Crippen LogP contribution in [0.3, 0.4) is 0 Å². The van der Waals surface area contributed by atoms with Gasteiger partial charge >= 0.3 is 0 Å². The molecule has 0 saturated heterocycles. The lowest BCUT2D eigenvalue weighted by molar-refractivity contribution is -0.126. The van der Waals surface area contributed by atoms with Gasteiger partial charge in [-0.3, -0.25) is 0 Å². The Morgan fingerprint density at radius 1 is 1.22 bits per heavy atom. The van der Waals surface area contributed by atoms with Crippen molar-refractivity contribution in [1.82, 2.24) is 0 Å². The smallest absolute Gasteiger partial charge is 0.129 e. The van der Waals surface area contributed by atoms with E-state index in [0.29, 0.717) is 12.8 Å². The molecule has 1 atom stereocenters. The molecule has 100 valence electrons. The monoisotopic (exact) mass is 256 g/mol. The van der Waals surface area contributed by atoms with Crippen molar-refractivity contribution in [2.75, 3.05) is 7.11 Å². The molecule has 0 radical (unpaired) electrons. The van der Waals surface area contributed by atoms with E-state index in [1.807, 2.05) is 0 Å². The van der Waals surface area contributed by atoms with Crippen molar-refractivity contribution in [3.63, 3.8) is 0 Å². The molecule has 2 nitrogen and oxygen atoms in total. The van der Waals surface area contributed by atoms with Gasteiger partial charge in [-0.05, 0) is 31.0 Å². The lowest BCUT2D eigenvalue weighted by Gasteiger charge is -2.40. The summed E-state index contributed by atoms with van der Waals surface area (Å²) in [5.74, 6) is -1.14. The van der Waals surface area contributed by atoms with Crippen molar-refractivity contribution in [3.8, 4) is 0 Å². The third-order valence-electron chi connectivity index (χ3n) is 3.86. The van der Waals surface area contributed by atoms with Crippen LogP contribution < -0.4 is 0 Å². The molecule has 0 aliphatic heterocycles. The van der Waals surface area contributed by atoms with Crippen molar-refractivity contribution in [2.45, 2.75) is 43.8 Å². The van der Waals surface area contributed by atoms with Crippen LogP contribution in [0.25, 0.3) is 0 Å². The molecule has 0 bridgehead atoms. The number of aliphatic hydroxyl groups excluding tert-OH is 1. The fourth-order valence-corrected chi connectivity index (χ4v) is 2.75. The molecule has 1 unspecified atom stereocenters. The summed E-state index contributed by atoms with van der Waals surface area (Å²) < 4.78 is 32.3. The largest absolute Gasteiger partial charge is 0.385 e. The third-order valence-corrected chi connectivity index (χ3v) is 3.86. The van der Waals surface area contributed by atoms with E-state index in [1.54, 1.807) is 0 Å². The van der Waals surface area contributed by atoms with Crippen molar-refractivity contribution in [2.24, 2.45) is 0 Å². The van der Waals surface area contributed by atoms with E-state index < -0.39 is 23.3 Å². The predicted molar refractivity (Wildman–Crippen MR) is 64.1 cm³/mol. The summed E-state index contributed by atoms with van der Waals surface area (Å²) in [5, 5.41) is 10.4. The lowest BCUT2D eigenvalue weighted by atomic mass is 9.78. The summed E-state index contributed by atoms with van der Waals surface area (Å²) in [6.45, 7) is 0. The van der Waals surface area contributed by atoms with E-state index in [9.17, 15) is 13.9 Å². The normalized spacial score (nSPS) is 20.7. The van der Waals surface area contributed by atoms with E-state index in [2.05, 4.69) is 0 Å². The van der Waals surface area contributed by atoms with Gasteiger partial charge in [0, 0.05) is 12.7 Å². The molecule has 1 saturated carbocycles. The molecule has 18 heavy (non-hydrogen) atoms. The summed E-state index contributed by atoms with van der Waals surface area (Å²) in [4.78, 5) is 0. The van der Waals surface area contributed by atoms with Gasteiger partial charge in [-0.1, -0.05) is 19.3 Å². The minimum absolute atomic E-state index is 0.0150. The highest BCUT2D eigenvalue weighted by Crippen LogP contribution is 2.41. The topological polar surface area (TPSA) is 29.5 Å². The maximum Gasteiger partial charge on any atom is 0.129 e. The summed E-state index contributed by atoms with van der Waals surface area (Å²) in [7, 11) is 1.52. The molecule has 2 rings (SSSR count). The van der Waals surface area contributed by atoms with E-state index in [4.69, 9.17) is 4.74 Å². The third kappa shape index (κ3) is 2.40. The fraction of sp³-hybridized carbons (Fsp3) is 0.571. The Labute approximate surface area is 106 Å². The van der Waals surface area contributed by atoms with Crippen LogP contribution in [0.2, 0.25) is 0 Å². The van der Waals surface area contributed by atoms with E-state index in [-0.39, 0.29) is 5.56 Å². The zero-order chi connectivity index (χ0) is 13.2. The predicted octanol–water partition coefficient (Wildman–Crippen LogP) is 3.35. The number of hydrogen-bond acceptors (Lipinski definition) is 2. The standard InChI is InChI=1S/C14H18F2O2/c1-18-14(7-3-2-4-8-14)13(17)11-9-10(15)5-6-12(11)16/h5-6,9,13,17H,2-4,7-8H2,1H3. The van der Waals surface area contributed by atoms with Gasteiger partial charge in [0.25, 0.3) is 0 Å². The Kier molecular flexibility index (Phi) is 3.97. The molecule has 1 N–H and O–H groups in total. The maximum absolute atomic E-state index is 13.7. The zero-order valence-electron chi connectivity index (χ0n) is 10.5. The molecule has 0 aromatic heterocycles. The van der Waals surface area contributed by atoms with E-state index >= 15 is 0 Å². The van der Waals surface area contributed by atoms with Crippen LogP contribution >= 0.6 is 0 Å². The Morgan fingerprint density at radius 2 is 1.89 bits per heavy atom. The van der Waals surface area contributed by atoms with Gasteiger partial charge in [0.2, 0.25) is 0 Å². The lowest BCUT2D eigenvalue weighted by Crippen LogP contribution is -2.40. The van der Waals surface area contributed by atoms with E-state index in [0.717, 1.165) is 37.5 Å². The number of ether oxygens (including phenoxy) is 1. The summed E-state index contributed by atoms with van der Waals surface area (Å²) >= 11 is 0. The molecule has 1 aliphatic carbocycles. The average Bonchev–Trinajstić information content (AvgIpc) is 2.41. The minimum atomic E-state index is -1.13. The Balaban J connectivity index is 2.33. The second kappa shape index (κ2) is 5.33. The summed E-state index contributed by atoms with van der Waals surface area (Å²) in [6, 6.07) is 3.14. The van der Waals surface area contributed by atoms with Gasteiger partial charge < -0.3 is 9.84 Å². The quantitative estimate of drug-likeness (QED) is 0.898. The molecule has 1 aliphatic rings. The number of hydrogen-bond donors (Lipinski definition) is 1. The van der Waals surface area contributed by atoms with Gasteiger partial charge in [0.05, 0.1) is 5.60 Å². The SMILES string of the molecule is COC1(C(O)c2cc(F)ccc2F)CCCCC1. The summed E-state index contributed by atoms with van der Waals surface area (Å²) in [5.41, 5.74) is -0.800. The van der Waals surface area contributed by atoms with Crippen LogP contribution in [0.4, 0.5) is 8.78 Å². The highest BCUT2D eigenvalue weighted by Gasteiger charge is 2.41. The molecule has 4 heteroatoms. The highest BCUT2D eigenvalue weighted by molar-refractivity contribution is 5.24.